The molecule has 168 valence electrons. The lowest BCUT2D eigenvalue weighted by Crippen LogP contribution is -2.06. The zero-order valence-corrected chi connectivity index (χ0v) is 21.3. The summed E-state index contributed by atoms with van der Waals surface area (Å²) in [5, 5.41) is 0. The Hall–Kier alpha value is -2.90. The minimum absolute atomic E-state index is 0.212. The van der Waals surface area contributed by atoms with Crippen LogP contribution in [-0.4, -0.2) is 18.5 Å². The van der Waals surface area contributed by atoms with Crippen LogP contribution in [0.2, 0.25) is 0 Å². The summed E-state index contributed by atoms with van der Waals surface area (Å²) in [5.41, 5.74) is 3.92. The second-order valence-electron chi connectivity index (χ2n) is 7.29. The SMILES string of the molecule is CCOc1cc(/C=C2\N=C(c3ccccc3Br)OC2=O)cc(Br)c1OCc1ccccc1C. The number of carbonyl (C=O) groups is 1. The van der Waals surface area contributed by atoms with Crippen molar-refractivity contribution in [2.24, 2.45) is 4.99 Å². The molecule has 3 aromatic rings. The van der Waals surface area contributed by atoms with Crippen molar-refractivity contribution >= 4 is 49.8 Å². The second kappa shape index (κ2) is 10.4. The first kappa shape index (κ1) is 23.3. The maximum Gasteiger partial charge on any atom is 0.363 e. The maximum absolute atomic E-state index is 12.4. The Morgan fingerprint density at radius 2 is 1.76 bits per heavy atom. The molecule has 0 saturated carbocycles. The van der Waals surface area contributed by atoms with Crippen LogP contribution in [0.15, 0.2) is 80.3 Å². The first-order valence-electron chi connectivity index (χ1n) is 10.4. The number of carbonyl (C=O) groups excluding carboxylic acids is 1. The van der Waals surface area contributed by atoms with E-state index in [2.05, 4.69) is 49.8 Å². The van der Waals surface area contributed by atoms with Crippen LogP contribution >= 0.6 is 31.9 Å². The number of rotatable bonds is 7. The average Bonchev–Trinajstić information content (AvgIpc) is 3.14. The monoisotopic (exact) mass is 569 g/mol. The van der Waals surface area contributed by atoms with Gasteiger partial charge in [-0.1, -0.05) is 36.4 Å². The highest BCUT2D eigenvalue weighted by Gasteiger charge is 2.25. The lowest BCUT2D eigenvalue weighted by atomic mass is 10.1. The van der Waals surface area contributed by atoms with Crippen molar-refractivity contribution in [2.75, 3.05) is 6.61 Å². The molecule has 0 amide bonds. The van der Waals surface area contributed by atoms with Gasteiger partial charge in [-0.2, -0.15) is 0 Å². The summed E-state index contributed by atoms with van der Waals surface area (Å²) in [6.07, 6.45) is 1.67. The number of benzene rings is 3. The number of halogens is 2. The lowest BCUT2D eigenvalue weighted by Gasteiger charge is -2.15. The zero-order chi connectivity index (χ0) is 23.4. The van der Waals surface area contributed by atoms with Gasteiger partial charge in [0.05, 0.1) is 16.6 Å². The molecule has 5 nitrogen and oxygen atoms in total. The predicted molar refractivity (Wildman–Crippen MR) is 136 cm³/mol. The summed E-state index contributed by atoms with van der Waals surface area (Å²) in [6.45, 7) is 4.85. The molecule has 7 heteroatoms. The van der Waals surface area contributed by atoms with Gasteiger partial charge < -0.3 is 14.2 Å². The molecule has 0 saturated heterocycles. The van der Waals surface area contributed by atoms with Gasteiger partial charge in [0.25, 0.3) is 0 Å². The Balaban J connectivity index is 1.63. The van der Waals surface area contributed by atoms with E-state index in [4.69, 9.17) is 14.2 Å². The van der Waals surface area contributed by atoms with Gasteiger partial charge in [0, 0.05) is 4.47 Å². The highest BCUT2D eigenvalue weighted by Crippen LogP contribution is 2.38. The largest absolute Gasteiger partial charge is 0.490 e. The van der Waals surface area contributed by atoms with Gasteiger partial charge >= 0.3 is 5.97 Å². The van der Waals surface area contributed by atoms with Crippen LogP contribution in [0.1, 0.15) is 29.2 Å². The number of hydrogen-bond acceptors (Lipinski definition) is 5. The third-order valence-corrected chi connectivity index (χ3v) is 6.27. The third-order valence-electron chi connectivity index (χ3n) is 4.99. The van der Waals surface area contributed by atoms with Crippen molar-refractivity contribution in [3.63, 3.8) is 0 Å². The molecule has 0 bridgehead atoms. The number of ether oxygens (including phenoxy) is 3. The summed E-state index contributed by atoms with van der Waals surface area (Å²) in [6, 6.07) is 19.2. The van der Waals surface area contributed by atoms with Gasteiger partial charge in [-0.05, 0) is 92.7 Å². The minimum atomic E-state index is -0.505. The minimum Gasteiger partial charge on any atom is -0.490 e. The van der Waals surface area contributed by atoms with Crippen molar-refractivity contribution in [3.8, 4) is 11.5 Å². The first-order chi connectivity index (χ1) is 16.0. The van der Waals surface area contributed by atoms with Gasteiger partial charge in [-0.25, -0.2) is 9.79 Å². The summed E-state index contributed by atoms with van der Waals surface area (Å²) < 4.78 is 18.8. The summed E-state index contributed by atoms with van der Waals surface area (Å²) in [7, 11) is 0. The molecule has 33 heavy (non-hydrogen) atoms. The Morgan fingerprint density at radius 1 is 1.00 bits per heavy atom. The predicted octanol–water partition coefficient (Wildman–Crippen LogP) is 6.84. The summed E-state index contributed by atoms with van der Waals surface area (Å²) in [5.74, 6) is 0.943. The molecule has 0 spiro atoms. The number of nitrogens with zero attached hydrogens (tertiary/aromatic N) is 1. The molecule has 0 fully saturated rings. The Bertz CT molecular complexity index is 1270. The standard InChI is InChI=1S/C26H21Br2NO4/c1-3-31-23-14-17(12-21(28)24(23)32-15-18-9-5-4-8-16(18)2)13-22-26(30)33-25(29-22)19-10-6-7-11-20(19)27/h4-14H,3,15H2,1-2H3/b22-13-. The van der Waals surface area contributed by atoms with Crippen LogP contribution < -0.4 is 9.47 Å². The number of hydrogen-bond donors (Lipinski definition) is 0. The van der Waals surface area contributed by atoms with Gasteiger partial charge in [0.15, 0.2) is 17.2 Å². The molecule has 1 aliphatic rings. The first-order valence-corrected chi connectivity index (χ1v) is 12.0. The van der Waals surface area contributed by atoms with E-state index in [1.807, 2.05) is 61.5 Å². The van der Waals surface area contributed by atoms with E-state index in [0.717, 1.165) is 25.6 Å². The number of cyclic esters (lactones) is 1. The quantitative estimate of drug-likeness (QED) is 0.230. The molecule has 0 unspecified atom stereocenters. The van der Waals surface area contributed by atoms with Crippen LogP contribution in [0.3, 0.4) is 0 Å². The third kappa shape index (κ3) is 5.37. The van der Waals surface area contributed by atoms with E-state index < -0.39 is 5.97 Å². The number of aliphatic imine (C=N–C) groups is 1. The Kier molecular flexibility index (Phi) is 7.30. The highest BCUT2D eigenvalue weighted by molar-refractivity contribution is 9.10. The van der Waals surface area contributed by atoms with Crippen molar-refractivity contribution in [1.82, 2.24) is 0 Å². The number of aryl methyl sites for hydroxylation is 1. The van der Waals surface area contributed by atoms with E-state index in [-0.39, 0.29) is 11.6 Å². The Morgan fingerprint density at radius 3 is 2.52 bits per heavy atom. The molecule has 0 radical (unpaired) electrons. The smallest absolute Gasteiger partial charge is 0.363 e. The van der Waals surface area contributed by atoms with Gasteiger partial charge in [-0.3, -0.25) is 0 Å². The van der Waals surface area contributed by atoms with E-state index in [1.54, 1.807) is 6.08 Å². The fourth-order valence-corrected chi connectivity index (χ4v) is 4.34. The molecular weight excluding hydrogens is 550 g/mol. The molecule has 0 aliphatic carbocycles. The molecule has 0 N–H and O–H groups in total. The number of esters is 1. The van der Waals surface area contributed by atoms with Crippen LogP contribution in [-0.2, 0) is 16.1 Å². The van der Waals surface area contributed by atoms with Crippen LogP contribution in [0.5, 0.6) is 11.5 Å². The lowest BCUT2D eigenvalue weighted by molar-refractivity contribution is -0.129. The summed E-state index contributed by atoms with van der Waals surface area (Å²) >= 11 is 7.06. The average molecular weight is 571 g/mol. The molecule has 0 atom stereocenters. The van der Waals surface area contributed by atoms with E-state index >= 15 is 0 Å². The van der Waals surface area contributed by atoms with Crippen molar-refractivity contribution < 1.29 is 19.0 Å². The topological polar surface area (TPSA) is 57.1 Å². The summed E-state index contributed by atoms with van der Waals surface area (Å²) in [4.78, 5) is 16.8. The van der Waals surface area contributed by atoms with Crippen LogP contribution in [0.4, 0.5) is 0 Å². The fourth-order valence-electron chi connectivity index (χ4n) is 3.31. The molecule has 0 aromatic heterocycles. The second-order valence-corrected chi connectivity index (χ2v) is 9.00. The van der Waals surface area contributed by atoms with Crippen molar-refractivity contribution in [3.05, 3.63) is 97.6 Å². The maximum atomic E-state index is 12.4. The zero-order valence-electron chi connectivity index (χ0n) is 18.1. The Labute approximate surface area is 209 Å². The fraction of sp³-hybridized carbons (Fsp3) is 0.154. The van der Waals surface area contributed by atoms with Gasteiger partial charge in [0.2, 0.25) is 5.90 Å². The van der Waals surface area contributed by atoms with Gasteiger partial charge in [0.1, 0.15) is 6.61 Å². The molecular formula is C26H21Br2NO4. The molecule has 1 heterocycles. The van der Waals surface area contributed by atoms with Crippen molar-refractivity contribution in [1.29, 1.82) is 0 Å². The molecule has 3 aromatic carbocycles. The van der Waals surface area contributed by atoms with Crippen molar-refractivity contribution in [2.45, 2.75) is 20.5 Å². The van der Waals surface area contributed by atoms with Gasteiger partial charge in [-0.15, -0.1) is 0 Å². The van der Waals surface area contributed by atoms with Crippen LogP contribution in [0.25, 0.3) is 6.08 Å². The molecule has 4 rings (SSSR count). The normalized spacial score (nSPS) is 14.2. The van der Waals surface area contributed by atoms with E-state index in [9.17, 15) is 4.79 Å². The highest BCUT2D eigenvalue weighted by atomic mass is 79.9. The van der Waals surface area contributed by atoms with E-state index in [0.29, 0.717) is 30.3 Å². The van der Waals surface area contributed by atoms with E-state index in [1.165, 1.54) is 0 Å². The van der Waals surface area contributed by atoms with Crippen LogP contribution in [0, 0.1) is 6.92 Å². The molecule has 1 aliphatic heterocycles.